The average molecular weight is 226 g/mol. The Morgan fingerprint density at radius 1 is 0.941 bits per heavy atom. The first-order valence-corrected chi connectivity index (χ1v) is 5.56. The first-order valence-electron chi connectivity index (χ1n) is 5.56. The molecule has 86 valence electrons. The van der Waals surface area contributed by atoms with Gasteiger partial charge in [-0.1, -0.05) is 54.6 Å². The van der Waals surface area contributed by atoms with Crippen LogP contribution in [0.4, 0.5) is 0 Å². The van der Waals surface area contributed by atoms with Crippen LogP contribution >= 0.6 is 0 Å². The molecule has 0 fully saturated rings. The molecule has 2 heteroatoms. The first-order chi connectivity index (χ1) is 8.31. The molecule has 2 nitrogen and oxygen atoms in total. The monoisotopic (exact) mass is 226 g/mol. The van der Waals surface area contributed by atoms with Gasteiger partial charge in [-0.25, -0.2) is 0 Å². The Bertz CT molecular complexity index is 474. The largest absolute Gasteiger partial charge is 0.460 e. The molecule has 1 atom stereocenters. The summed E-state index contributed by atoms with van der Waals surface area (Å²) >= 11 is 0. The van der Waals surface area contributed by atoms with Crippen LogP contribution in [0.25, 0.3) is 11.1 Å². The van der Waals surface area contributed by atoms with Gasteiger partial charge in [0, 0.05) is 0 Å². The Kier molecular flexibility index (Phi) is 3.55. The van der Waals surface area contributed by atoms with Crippen molar-refractivity contribution in [2.45, 2.75) is 13.0 Å². The van der Waals surface area contributed by atoms with Gasteiger partial charge in [-0.2, -0.15) is 0 Å². The molecule has 2 aromatic carbocycles. The fraction of sp³-hybridized carbons (Fsp3) is 0.133. The first kappa shape index (κ1) is 11.4. The SMILES string of the molecule is CC(OC=O)c1ccc(-c2ccccc2)cc1. The molecule has 0 radical (unpaired) electrons. The van der Waals surface area contributed by atoms with Crippen molar-refractivity contribution >= 4 is 6.47 Å². The van der Waals surface area contributed by atoms with Crippen LogP contribution in [0.15, 0.2) is 54.6 Å². The lowest BCUT2D eigenvalue weighted by Crippen LogP contribution is -1.97. The van der Waals surface area contributed by atoms with Crippen molar-refractivity contribution in [3.8, 4) is 11.1 Å². The van der Waals surface area contributed by atoms with Crippen molar-refractivity contribution in [1.82, 2.24) is 0 Å². The third-order valence-corrected chi connectivity index (χ3v) is 2.75. The van der Waals surface area contributed by atoms with Crippen LogP contribution in [0, 0.1) is 0 Å². The summed E-state index contributed by atoms with van der Waals surface area (Å²) in [5, 5.41) is 0. The van der Waals surface area contributed by atoms with E-state index in [2.05, 4.69) is 12.1 Å². The minimum atomic E-state index is -0.197. The zero-order valence-corrected chi connectivity index (χ0v) is 9.67. The van der Waals surface area contributed by atoms with Gasteiger partial charge < -0.3 is 4.74 Å². The molecular formula is C15H14O2. The van der Waals surface area contributed by atoms with Gasteiger partial charge in [-0.15, -0.1) is 0 Å². The number of carbonyl (C=O) groups excluding carboxylic acids is 1. The van der Waals surface area contributed by atoms with E-state index in [1.54, 1.807) is 0 Å². The highest BCUT2D eigenvalue weighted by Crippen LogP contribution is 2.22. The van der Waals surface area contributed by atoms with Crippen molar-refractivity contribution in [2.24, 2.45) is 0 Å². The maximum Gasteiger partial charge on any atom is 0.293 e. The predicted octanol–water partition coefficient (Wildman–Crippen LogP) is 3.59. The molecule has 0 aliphatic rings. The molecule has 0 saturated carbocycles. The number of hydrogen-bond acceptors (Lipinski definition) is 2. The number of rotatable bonds is 4. The highest BCUT2D eigenvalue weighted by molar-refractivity contribution is 5.63. The molecule has 0 aromatic heterocycles. The van der Waals surface area contributed by atoms with Crippen LogP contribution in [0.5, 0.6) is 0 Å². The molecule has 0 N–H and O–H groups in total. The lowest BCUT2D eigenvalue weighted by atomic mass is 10.0. The summed E-state index contributed by atoms with van der Waals surface area (Å²) in [7, 11) is 0. The summed E-state index contributed by atoms with van der Waals surface area (Å²) in [5.41, 5.74) is 3.34. The van der Waals surface area contributed by atoms with E-state index in [1.807, 2.05) is 49.4 Å². The molecule has 0 aliphatic heterocycles. The predicted molar refractivity (Wildman–Crippen MR) is 67.4 cm³/mol. The van der Waals surface area contributed by atoms with Crippen LogP contribution in [0.2, 0.25) is 0 Å². The summed E-state index contributed by atoms with van der Waals surface area (Å²) in [5.74, 6) is 0. The van der Waals surface area contributed by atoms with E-state index in [9.17, 15) is 4.79 Å². The quantitative estimate of drug-likeness (QED) is 0.745. The van der Waals surface area contributed by atoms with Gasteiger partial charge in [-0.3, -0.25) is 4.79 Å². The van der Waals surface area contributed by atoms with E-state index >= 15 is 0 Å². The Morgan fingerprint density at radius 2 is 1.53 bits per heavy atom. The fourth-order valence-corrected chi connectivity index (χ4v) is 1.74. The number of carbonyl (C=O) groups is 1. The Hall–Kier alpha value is -2.09. The highest BCUT2D eigenvalue weighted by atomic mass is 16.5. The smallest absolute Gasteiger partial charge is 0.293 e. The molecule has 2 rings (SSSR count). The van der Waals surface area contributed by atoms with Gasteiger partial charge in [0.05, 0.1) is 0 Å². The van der Waals surface area contributed by atoms with Crippen LogP contribution in [0.3, 0.4) is 0 Å². The fourth-order valence-electron chi connectivity index (χ4n) is 1.74. The molecule has 0 saturated heterocycles. The Labute approximate surface area is 101 Å². The molecule has 2 aromatic rings. The number of ether oxygens (including phenoxy) is 1. The summed E-state index contributed by atoms with van der Waals surface area (Å²) in [6.07, 6.45) is -0.197. The van der Waals surface area contributed by atoms with Gasteiger partial charge in [0.1, 0.15) is 6.10 Å². The second kappa shape index (κ2) is 5.30. The van der Waals surface area contributed by atoms with Crippen molar-refractivity contribution in [2.75, 3.05) is 0 Å². The maximum atomic E-state index is 10.3. The van der Waals surface area contributed by atoms with Gasteiger partial charge in [0.15, 0.2) is 0 Å². The number of benzene rings is 2. The topological polar surface area (TPSA) is 26.3 Å². The minimum Gasteiger partial charge on any atom is -0.460 e. The minimum absolute atomic E-state index is 0.197. The van der Waals surface area contributed by atoms with E-state index in [1.165, 1.54) is 5.56 Å². The second-order valence-corrected chi connectivity index (χ2v) is 3.86. The lowest BCUT2D eigenvalue weighted by Gasteiger charge is -2.10. The van der Waals surface area contributed by atoms with Crippen molar-refractivity contribution in [1.29, 1.82) is 0 Å². The van der Waals surface area contributed by atoms with Gasteiger partial charge in [0.2, 0.25) is 0 Å². The molecule has 0 aliphatic carbocycles. The summed E-state index contributed by atoms with van der Waals surface area (Å²) in [6, 6.07) is 18.2. The number of hydrogen-bond donors (Lipinski definition) is 0. The van der Waals surface area contributed by atoms with Crippen LogP contribution < -0.4 is 0 Å². The zero-order valence-electron chi connectivity index (χ0n) is 9.67. The summed E-state index contributed by atoms with van der Waals surface area (Å²) in [6.45, 7) is 2.34. The van der Waals surface area contributed by atoms with Crippen molar-refractivity contribution in [3.05, 3.63) is 60.2 Å². The van der Waals surface area contributed by atoms with Crippen LogP contribution in [0.1, 0.15) is 18.6 Å². The van der Waals surface area contributed by atoms with Gasteiger partial charge in [-0.05, 0) is 23.6 Å². The Morgan fingerprint density at radius 3 is 2.12 bits per heavy atom. The second-order valence-electron chi connectivity index (χ2n) is 3.86. The van der Waals surface area contributed by atoms with E-state index in [-0.39, 0.29) is 6.10 Å². The molecular weight excluding hydrogens is 212 g/mol. The zero-order chi connectivity index (χ0) is 12.1. The molecule has 0 spiro atoms. The average Bonchev–Trinajstić information content (AvgIpc) is 2.40. The maximum absolute atomic E-state index is 10.3. The standard InChI is InChI=1S/C15H14O2/c1-12(17-11-16)13-7-9-15(10-8-13)14-5-3-2-4-6-14/h2-12H,1H3. The van der Waals surface area contributed by atoms with Gasteiger partial charge in [0.25, 0.3) is 6.47 Å². The van der Waals surface area contributed by atoms with Crippen LogP contribution in [-0.4, -0.2) is 6.47 Å². The Balaban J connectivity index is 2.21. The van der Waals surface area contributed by atoms with E-state index in [0.29, 0.717) is 6.47 Å². The molecule has 17 heavy (non-hydrogen) atoms. The normalized spacial score (nSPS) is 11.8. The van der Waals surface area contributed by atoms with Gasteiger partial charge >= 0.3 is 0 Å². The highest BCUT2D eigenvalue weighted by Gasteiger charge is 2.05. The van der Waals surface area contributed by atoms with Crippen molar-refractivity contribution in [3.63, 3.8) is 0 Å². The molecule has 0 amide bonds. The summed E-state index contributed by atoms with van der Waals surface area (Å²) in [4.78, 5) is 10.3. The summed E-state index contributed by atoms with van der Waals surface area (Å²) < 4.78 is 4.89. The van der Waals surface area contributed by atoms with E-state index in [0.717, 1.165) is 11.1 Å². The third-order valence-electron chi connectivity index (χ3n) is 2.75. The van der Waals surface area contributed by atoms with Crippen LogP contribution in [-0.2, 0) is 9.53 Å². The lowest BCUT2D eigenvalue weighted by molar-refractivity contribution is -0.133. The van der Waals surface area contributed by atoms with E-state index < -0.39 is 0 Å². The molecule has 1 unspecified atom stereocenters. The third kappa shape index (κ3) is 2.72. The van der Waals surface area contributed by atoms with E-state index in [4.69, 9.17) is 4.74 Å². The molecule has 0 heterocycles. The van der Waals surface area contributed by atoms with Crippen molar-refractivity contribution < 1.29 is 9.53 Å². The molecule has 0 bridgehead atoms.